The Bertz CT molecular complexity index is 546. The average molecular weight is 341 g/mol. The third-order valence-electron chi connectivity index (χ3n) is 5.12. The zero-order valence-electron chi connectivity index (χ0n) is 12.7. The number of carbonyl (C=O) groups excluding carboxylic acids is 1. The number of rotatable bonds is 3. The Morgan fingerprint density at radius 3 is 2.59 bits per heavy atom. The van der Waals surface area contributed by atoms with E-state index in [1.807, 2.05) is 17.0 Å². The first-order valence-electron chi connectivity index (χ1n) is 8.00. The van der Waals surface area contributed by atoms with Gasteiger partial charge in [-0.25, -0.2) is 0 Å². The van der Waals surface area contributed by atoms with Crippen LogP contribution in [0.3, 0.4) is 0 Å². The quantitative estimate of drug-likeness (QED) is 0.912. The lowest BCUT2D eigenvalue weighted by molar-refractivity contribution is -0.133. The van der Waals surface area contributed by atoms with E-state index in [0.29, 0.717) is 21.9 Å². The van der Waals surface area contributed by atoms with Gasteiger partial charge in [-0.05, 0) is 55.3 Å². The highest BCUT2D eigenvalue weighted by Crippen LogP contribution is 2.37. The van der Waals surface area contributed by atoms with Crippen molar-refractivity contribution in [3.05, 3.63) is 33.8 Å². The molecule has 3 rings (SSSR count). The summed E-state index contributed by atoms with van der Waals surface area (Å²) < 4.78 is 0. The van der Waals surface area contributed by atoms with Crippen molar-refractivity contribution in [2.45, 2.75) is 32.1 Å². The normalized spacial score (nSPS) is 20.5. The third kappa shape index (κ3) is 3.58. The zero-order chi connectivity index (χ0) is 15.6. The Kier molecular flexibility index (Phi) is 4.96. The van der Waals surface area contributed by atoms with Gasteiger partial charge in [0.1, 0.15) is 0 Å². The Morgan fingerprint density at radius 2 is 1.95 bits per heavy atom. The van der Waals surface area contributed by atoms with Crippen LogP contribution in [0.25, 0.3) is 0 Å². The van der Waals surface area contributed by atoms with E-state index >= 15 is 0 Å². The molecule has 0 bridgehead atoms. The predicted molar refractivity (Wildman–Crippen MR) is 90.5 cm³/mol. The molecule has 1 spiro atoms. The predicted octanol–water partition coefficient (Wildman–Crippen LogP) is 3.53. The summed E-state index contributed by atoms with van der Waals surface area (Å²) in [6.07, 6.45) is 4.80. The number of carbonyl (C=O) groups is 1. The van der Waals surface area contributed by atoms with Crippen molar-refractivity contribution in [2.75, 3.05) is 26.2 Å². The lowest BCUT2D eigenvalue weighted by Crippen LogP contribution is -2.44. The van der Waals surface area contributed by atoms with Crippen molar-refractivity contribution in [1.82, 2.24) is 10.2 Å². The van der Waals surface area contributed by atoms with Gasteiger partial charge in [-0.2, -0.15) is 0 Å². The monoisotopic (exact) mass is 340 g/mol. The van der Waals surface area contributed by atoms with Gasteiger partial charge in [0.25, 0.3) is 0 Å². The molecule has 1 amide bonds. The fraction of sp³-hybridized carbons (Fsp3) is 0.588. The highest BCUT2D eigenvalue weighted by molar-refractivity contribution is 6.42. The van der Waals surface area contributed by atoms with Crippen molar-refractivity contribution in [1.29, 1.82) is 0 Å². The number of hydrogen-bond acceptors (Lipinski definition) is 2. The number of nitrogens with zero attached hydrogens (tertiary/aromatic N) is 1. The van der Waals surface area contributed by atoms with Crippen LogP contribution in [0.15, 0.2) is 18.2 Å². The fourth-order valence-electron chi connectivity index (χ4n) is 3.56. The second-order valence-corrected chi connectivity index (χ2v) is 7.37. The minimum Gasteiger partial charge on any atom is -0.343 e. The number of benzene rings is 1. The second kappa shape index (κ2) is 6.77. The molecule has 2 fully saturated rings. The summed E-state index contributed by atoms with van der Waals surface area (Å²) in [5.74, 6) is 0.256. The second-order valence-electron chi connectivity index (χ2n) is 6.56. The number of aryl methyl sites for hydroxylation is 1. The highest BCUT2D eigenvalue weighted by atomic mass is 35.5. The molecular formula is C17H22Cl2N2O. The van der Waals surface area contributed by atoms with E-state index in [9.17, 15) is 4.79 Å². The van der Waals surface area contributed by atoms with E-state index in [4.69, 9.17) is 23.2 Å². The first-order valence-corrected chi connectivity index (χ1v) is 8.76. The molecule has 2 aliphatic rings. The number of likely N-dealkylation sites (tertiary alicyclic amines) is 1. The molecule has 0 atom stereocenters. The Hall–Kier alpha value is -0.770. The first-order chi connectivity index (χ1) is 10.6. The molecule has 1 aromatic rings. The van der Waals surface area contributed by atoms with Gasteiger partial charge < -0.3 is 10.2 Å². The van der Waals surface area contributed by atoms with Gasteiger partial charge in [-0.3, -0.25) is 4.79 Å². The average Bonchev–Trinajstić information content (AvgIpc) is 2.97. The Labute approximate surface area is 142 Å². The van der Waals surface area contributed by atoms with Crippen LogP contribution < -0.4 is 5.32 Å². The molecule has 0 saturated carbocycles. The SMILES string of the molecule is O=C(CCc1ccc(Cl)c(Cl)c1)N1CCC2(CCNC2)CC1. The minimum atomic E-state index is 0.256. The maximum absolute atomic E-state index is 12.4. The van der Waals surface area contributed by atoms with Crippen LogP contribution in [0.1, 0.15) is 31.2 Å². The van der Waals surface area contributed by atoms with Crippen LogP contribution in [0.5, 0.6) is 0 Å². The van der Waals surface area contributed by atoms with Crippen LogP contribution in [-0.2, 0) is 11.2 Å². The summed E-state index contributed by atoms with van der Waals surface area (Å²) in [4.78, 5) is 14.4. The van der Waals surface area contributed by atoms with E-state index in [1.54, 1.807) is 6.07 Å². The summed E-state index contributed by atoms with van der Waals surface area (Å²) in [6, 6.07) is 5.59. The topological polar surface area (TPSA) is 32.3 Å². The molecular weight excluding hydrogens is 319 g/mol. The molecule has 2 heterocycles. The van der Waals surface area contributed by atoms with Crippen molar-refractivity contribution >= 4 is 29.1 Å². The number of amides is 1. The number of halogens is 2. The maximum atomic E-state index is 12.4. The highest BCUT2D eigenvalue weighted by Gasteiger charge is 2.37. The van der Waals surface area contributed by atoms with Crippen LogP contribution in [0.4, 0.5) is 0 Å². The number of hydrogen-bond donors (Lipinski definition) is 1. The van der Waals surface area contributed by atoms with Crippen molar-refractivity contribution in [3.8, 4) is 0 Å². The molecule has 120 valence electrons. The molecule has 0 radical (unpaired) electrons. The van der Waals surface area contributed by atoms with E-state index in [2.05, 4.69) is 5.32 Å². The van der Waals surface area contributed by atoms with Gasteiger partial charge in [0, 0.05) is 26.1 Å². The third-order valence-corrected chi connectivity index (χ3v) is 5.86. The molecule has 2 aliphatic heterocycles. The van der Waals surface area contributed by atoms with Gasteiger partial charge >= 0.3 is 0 Å². The number of nitrogens with one attached hydrogen (secondary N) is 1. The minimum absolute atomic E-state index is 0.256. The van der Waals surface area contributed by atoms with Gasteiger partial charge in [0.05, 0.1) is 10.0 Å². The largest absolute Gasteiger partial charge is 0.343 e. The van der Waals surface area contributed by atoms with Crippen molar-refractivity contribution < 1.29 is 4.79 Å². The molecule has 1 N–H and O–H groups in total. The van der Waals surface area contributed by atoms with E-state index in [1.165, 1.54) is 6.42 Å². The van der Waals surface area contributed by atoms with Gasteiger partial charge in [0.15, 0.2) is 0 Å². The smallest absolute Gasteiger partial charge is 0.222 e. The van der Waals surface area contributed by atoms with Crippen LogP contribution in [-0.4, -0.2) is 37.0 Å². The molecule has 3 nitrogen and oxygen atoms in total. The molecule has 0 unspecified atom stereocenters. The molecule has 2 saturated heterocycles. The van der Waals surface area contributed by atoms with E-state index in [-0.39, 0.29) is 5.91 Å². The van der Waals surface area contributed by atoms with Crippen LogP contribution >= 0.6 is 23.2 Å². The maximum Gasteiger partial charge on any atom is 0.222 e. The summed E-state index contributed by atoms with van der Waals surface area (Å²) in [6.45, 7) is 4.06. The Balaban J connectivity index is 1.49. The summed E-state index contributed by atoms with van der Waals surface area (Å²) in [5.41, 5.74) is 1.52. The standard InChI is InChI=1S/C17H22Cl2N2O/c18-14-3-1-13(11-15(14)19)2-4-16(22)21-9-6-17(7-10-21)5-8-20-12-17/h1,3,11,20H,2,4-10,12H2. The Morgan fingerprint density at radius 1 is 1.18 bits per heavy atom. The summed E-state index contributed by atoms with van der Waals surface area (Å²) in [7, 11) is 0. The van der Waals surface area contributed by atoms with Crippen molar-refractivity contribution in [2.24, 2.45) is 5.41 Å². The van der Waals surface area contributed by atoms with E-state index in [0.717, 1.165) is 51.0 Å². The fourth-order valence-corrected chi connectivity index (χ4v) is 3.88. The number of piperidine rings is 1. The molecule has 22 heavy (non-hydrogen) atoms. The summed E-state index contributed by atoms with van der Waals surface area (Å²) in [5, 5.41) is 4.57. The van der Waals surface area contributed by atoms with Crippen LogP contribution in [0, 0.1) is 5.41 Å². The molecule has 0 aliphatic carbocycles. The summed E-state index contributed by atoms with van der Waals surface area (Å²) >= 11 is 11.9. The van der Waals surface area contributed by atoms with Gasteiger partial charge in [-0.1, -0.05) is 29.3 Å². The van der Waals surface area contributed by atoms with Crippen LogP contribution in [0.2, 0.25) is 10.0 Å². The van der Waals surface area contributed by atoms with Crippen molar-refractivity contribution in [3.63, 3.8) is 0 Å². The first kappa shape index (κ1) is 16.1. The molecule has 1 aromatic carbocycles. The van der Waals surface area contributed by atoms with Gasteiger partial charge in [0.2, 0.25) is 5.91 Å². The lowest BCUT2D eigenvalue weighted by atomic mass is 9.78. The van der Waals surface area contributed by atoms with E-state index < -0.39 is 0 Å². The molecule has 5 heteroatoms. The molecule has 0 aromatic heterocycles. The zero-order valence-corrected chi connectivity index (χ0v) is 14.2. The van der Waals surface area contributed by atoms with Gasteiger partial charge in [-0.15, -0.1) is 0 Å². The lowest BCUT2D eigenvalue weighted by Gasteiger charge is -2.39.